The number of allylic oxidation sites excluding steroid dienone is 1. The second-order valence-corrected chi connectivity index (χ2v) is 5.33. The van der Waals surface area contributed by atoms with Gasteiger partial charge in [-0.15, -0.1) is 11.8 Å². The van der Waals surface area contributed by atoms with Crippen molar-refractivity contribution in [3.05, 3.63) is 41.5 Å². The molecule has 1 aliphatic heterocycles. The fraction of sp³-hybridized carbons (Fsp3) is 0.167. The van der Waals surface area contributed by atoms with E-state index < -0.39 is 16.7 Å². The summed E-state index contributed by atoms with van der Waals surface area (Å²) in [5.41, 5.74) is 0.890. The molecular weight excluding hydrogens is 240 g/mol. The predicted molar refractivity (Wildman–Crippen MR) is 61.1 cm³/mol. The highest BCUT2D eigenvalue weighted by Crippen LogP contribution is 2.63. The van der Waals surface area contributed by atoms with Gasteiger partial charge in [-0.2, -0.15) is 0 Å². The third kappa shape index (κ3) is 1.09. The SMILES string of the molecule is O=C(O)C1=CC2c3ccccc3SC12C(=O)O. The quantitative estimate of drug-likeness (QED) is 0.833. The third-order valence-electron chi connectivity index (χ3n) is 3.24. The second kappa shape index (κ2) is 3.13. The zero-order chi connectivity index (χ0) is 12.2. The summed E-state index contributed by atoms with van der Waals surface area (Å²) < 4.78 is -1.32. The molecule has 2 atom stereocenters. The summed E-state index contributed by atoms with van der Waals surface area (Å²) in [6.45, 7) is 0. The molecule has 0 saturated heterocycles. The summed E-state index contributed by atoms with van der Waals surface area (Å²) in [5, 5.41) is 18.4. The van der Waals surface area contributed by atoms with E-state index in [1.807, 2.05) is 24.3 Å². The number of carbonyl (C=O) groups is 2. The number of hydrogen-bond acceptors (Lipinski definition) is 3. The van der Waals surface area contributed by atoms with E-state index in [1.54, 1.807) is 0 Å². The van der Waals surface area contributed by atoms with Gasteiger partial charge >= 0.3 is 11.9 Å². The Labute approximate surface area is 101 Å². The molecule has 1 heterocycles. The van der Waals surface area contributed by atoms with Crippen LogP contribution in [0.15, 0.2) is 40.8 Å². The van der Waals surface area contributed by atoms with Gasteiger partial charge in [0.15, 0.2) is 4.75 Å². The van der Waals surface area contributed by atoms with Gasteiger partial charge in [0.1, 0.15) is 0 Å². The maximum Gasteiger partial charge on any atom is 0.333 e. The Morgan fingerprint density at radius 2 is 1.94 bits per heavy atom. The molecule has 2 N–H and O–H groups in total. The van der Waals surface area contributed by atoms with Crippen molar-refractivity contribution in [1.29, 1.82) is 0 Å². The Bertz CT molecular complexity index is 578. The highest BCUT2D eigenvalue weighted by atomic mass is 32.2. The summed E-state index contributed by atoms with van der Waals surface area (Å²) >= 11 is 1.13. The first kappa shape index (κ1) is 10.4. The number of aliphatic carboxylic acids is 2. The van der Waals surface area contributed by atoms with Gasteiger partial charge in [0, 0.05) is 10.8 Å². The molecule has 4 nitrogen and oxygen atoms in total. The topological polar surface area (TPSA) is 74.6 Å². The molecule has 0 saturated carbocycles. The van der Waals surface area contributed by atoms with Crippen molar-refractivity contribution >= 4 is 23.7 Å². The minimum absolute atomic E-state index is 0.0174. The normalized spacial score (nSPS) is 28.7. The van der Waals surface area contributed by atoms with E-state index in [2.05, 4.69) is 0 Å². The van der Waals surface area contributed by atoms with Crippen LogP contribution in [0.1, 0.15) is 11.5 Å². The van der Waals surface area contributed by atoms with Crippen LogP contribution in [0.25, 0.3) is 0 Å². The van der Waals surface area contributed by atoms with Gasteiger partial charge in [-0.1, -0.05) is 24.3 Å². The molecule has 17 heavy (non-hydrogen) atoms. The monoisotopic (exact) mass is 248 g/mol. The van der Waals surface area contributed by atoms with Crippen molar-refractivity contribution in [2.75, 3.05) is 0 Å². The zero-order valence-electron chi connectivity index (χ0n) is 8.58. The van der Waals surface area contributed by atoms with Gasteiger partial charge in [0.25, 0.3) is 0 Å². The molecule has 2 aliphatic rings. The summed E-state index contributed by atoms with van der Waals surface area (Å²) in [4.78, 5) is 23.3. The maximum atomic E-state index is 11.4. The Morgan fingerprint density at radius 1 is 1.24 bits per heavy atom. The average Bonchev–Trinajstić information content (AvgIpc) is 2.48. The Morgan fingerprint density at radius 3 is 2.59 bits per heavy atom. The summed E-state index contributed by atoms with van der Waals surface area (Å²) in [7, 11) is 0. The first-order chi connectivity index (χ1) is 8.07. The molecule has 0 spiro atoms. The van der Waals surface area contributed by atoms with E-state index in [0.29, 0.717) is 0 Å². The van der Waals surface area contributed by atoms with Crippen molar-refractivity contribution in [2.45, 2.75) is 15.6 Å². The van der Waals surface area contributed by atoms with Crippen LogP contribution in [-0.2, 0) is 9.59 Å². The third-order valence-corrected chi connectivity index (χ3v) is 4.81. The zero-order valence-corrected chi connectivity index (χ0v) is 9.40. The van der Waals surface area contributed by atoms with Gasteiger partial charge in [-0.25, -0.2) is 4.79 Å². The number of fused-ring (bicyclic) bond motifs is 3. The highest BCUT2D eigenvalue weighted by molar-refractivity contribution is 8.02. The second-order valence-electron chi connectivity index (χ2n) is 4.04. The van der Waals surface area contributed by atoms with E-state index in [0.717, 1.165) is 22.2 Å². The molecule has 3 rings (SSSR count). The molecule has 0 amide bonds. The molecule has 2 unspecified atom stereocenters. The molecule has 1 aliphatic carbocycles. The smallest absolute Gasteiger partial charge is 0.333 e. The molecule has 1 aromatic carbocycles. The van der Waals surface area contributed by atoms with Crippen molar-refractivity contribution in [2.24, 2.45) is 0 Å². The van der Waals surface area contributed by atoms with Crippen molar-refractivity contribution < 1.29 is 19.8 Å². The predicted octanol–water partition coefficient (Wildman–Crippen LogP) is 1.72. The molecule has 0 bridgehead atoms. The van der Waals surface area contributed by atoms with Gasteiger partial charge in [-0.05, 0) is 11.6 Å². The lowest BCUT2D eigenvalue weighted by Gasteiger charge is -2.37. The van der Waals surface area contributed by atoms with Gasteiger partial charge < -0.3 is 10.2 Å². The first-order valence-corrected chi connectivity index (χ1v) is 5.86. The van der Waals surface area contributed by atoms with Crippen molar-refractivity contribution in [1.82, 2.24) is 0 Å². The number of rotatable bonds is 2. The Hall–Kier alpha value is -1.75. The highest BCUT2D eigenvalue weighted by Gasteiger charge is 2.62. The van der Waals surface area contributed by atoms with Crippen molar-refractivity contribution in [3.63, 3.8) is 0 Å². The van der Waals surface area contributed by atoms with E-state index in [-0.39, 0.29) is 11.5 Å². The largest absolute Gasteiger partial charge is 0.480 e. The van der Waals surface area contributed by atoms with Gasteiger partial charge in [0.2, 0.25) is 0 Å². The minimum atomic E-state index is -1.32. The fourth-order valence-electron chi connectivity index (χ4n) is 2.43. The molecule has 86 valence electrons. The first-order valence-electron chi connectivity index (χ1n) is 5.04. The lowest BCUT2D eigenvalue weighted by molar-refractivity contribution is -0.143. The Kier molecular flexibility index (Phi) is 1.92. The summed E-state index contributed by atoms with van der Waals surface area (Å²) in [6, 6.07) is 7.35. The molecule has 0 aromatic heterocycles. The lowest BCUT2D eigenvalue weighted by Crippen LogP contribution is -2.48. The lowest BCUT2D eigenvalue weighted by atomic mass is 9.70. The molecule has 1 aromatic rings. The van der Waals surface area contributed by atoms with Crippen LogP contribution in [-0.4, -0.2) is 26.9 Å². The van der Waals surface area contributed by atoms with Crippen LogP contribution < -0.4 is 0 Å². The summed E-state index contributed by atoms with van der Waals surface area (Å²) in [6.07, 6.45) is 1.54. The maximum absolute atomic E-state index is 11.4. The molecule has 0 radical (unpaired) electrons. The van der Waals surface area contributed by atoms with Crippen molar-refractivity contribution in [3.8, 4) is 0 Å². The fourth-order valence-corrected chi connectivity index (χ4v) is 3.91. The van der Waals surface area contributed by atoms with Crippen LogP contribution in [0.3, 0.4) is 0 Å². The van der Waals surface area contributed by atoms with Gasteiger partial charge in [0.05, 0.1) is 5.57 Å². The average molecular weight is 248 g/mol. The number of benzene rings is 1. The minimum Gasteiger partial charge on any atom is -0.480 e. The van der Waals surface area contributed by atoms with Crippen LogP contribution >= 0.6 is 11.8 Å². The van der Waals surface area contributed by atoms with E-state index in [1.165, 1.54) is 6.08 Å². The van der Waals surface area contributed by atoms with E-state index in [4.69, 9.17) is 5.11 Å². The number of hydrogen-bond donors (Lipinski definition) is 2. The van der Waals surface area contributed by atoms with Crippen LogP contribution in [0, 0.1) is 0 Å². The number of carboxylic acids is 2. The number of thioether (sulfide) groups is 1. The van der Waals surface area contributed by atoms with Crippen LogP contribution in [0.5, 0.6) is 0 Å². The van der Waals surface area contributed by atoms with E-state index in [9.17, 15) is 14.7 Å². The molecule has 5 heteroatoms. The van der Waals surface area contributed by atoms with Crippen LogP contribution in [0.4, 0.5) is 0 Å². The molecular formula is C12H8O4S. The van der Waals surface area contributed by atoms with E-state index >= 15 is 0 Å². The molecule has 0 fully saturated rings. The summed E-state index contributed by atoms with van der Waals surface area (Å²) in [5.74, 6) is -2.56. The Balaban J connectivity index is 2.16. The van der Waals surface area contributed by atoms with Crippen LogP contribution in [0.2, 0.25) is 0 Å². The standard InChI is InChI=1S/C12H8O4S/c13-10(14)8-5-7-6-3-1-2-4-9(6)17-12(7,8)11(15)16/h1-5,7H,(H,13,14)(H,15,16). The van der Waals surface area contributed by atoms with Gasteiger partial charge in [-0.3, -0.25) is 4.79 Å². The number of carboxylic acid groups (broad SMARTS) is 2.